The van der Waals surface area contributed by atoms with Crippen LogP contribution in [0.15, 0.2) is 72.8 Å². The summed E-state index contributed by atoms with van der Waals surface area (Å²) in [6.07, 6.45) is 0. The molecule has 3 rings (SSSR count). The van der Waals surface area contributed by atoms with E-state index in [1.54, 1.807) is 36.4 Å². The lowest BCUT2D eigenvalue weighted by Gasteiger charge is -2.12. The highest BCUT2D eigenvalue weighted by molar-refractivity contribution is 6.15. The average Bonchev–Trinajstić information content (AvgIpc) is 2.83. The molecule has 0 radical (unpaired) electrons. The minimum Gasteiger partial charge on any atom is -0.482 e. The summed E-state index contributed by atoms with van der Waals surface area (Å²) in [7, 11) is 0. The minimum atomic E-state index is -1.10. The first-order valence-electron chi connectivity index (χ1n) is 9.93. The van der Waals surface area contributed by atoms with Gasteiger partial charge in [0.1, 0.15) is 11.5 Å². The van der Waals surface area contributed by atoms with Gasteiger partial charge in [-0.15, -0.1) is 0 Å². The average molecular weight is 464 g/mol. The molecule has 0 saturated carbocycles. The van der Waals surface area contributed by atoms with Crippen LogP contribution in [0.2, 0.25) is 0 Å². The zero-order valence-electron chi connectivity index (χ0n) is 17.7. The van der Waals surface area contributed by atoms with Crippen molar-refractivity contribution in [1.82, 2.24) is 0 Å². The number of hydrogen-bond donors (Lipinski definition) is 4. The standard InChI is InChI=1S/C24H20N2O8/c27-21(28)13-33-17-9-5-15(6-10-17)25-23(31)19-3-1-2-4-20(19)24(32)26-16-7-11-18(12-8-16)34-14-22(29)30/h1-12H,13-14H2,(H,25,31)(H,26,32)(H,27,28)(H,29,30). The van der Waals surface area contributed by atoms with E-state index in [-0.39, 0.29) is 11.1 Å². The van der Waals surface area contributed by atoms with Gasteiger partial charge in [0.15, 0.2) is 13.2 Å². The molecule has 0 unspecified atom stereocenters. The van der Waals surface area contributed by atoms with E-state index >= 15 is 0 Å². The third kappa shape index (κ3) is 6.82. The number of ether oxygens (including phenoxy) is 2. The fourth-order valence-corrected chi connectivity index (χ4v) is 2.84. The number of aliphatic carboxylic acids is 2. The van der Waals surface area contributed by atoms with Gasteiger partial charge in [-0.1, -0.05) is 12.1 Å². The smallest absolute Gasteiger partial charge is 0.341 e. The van der Waals surface area contributed by atoms with Gasteiger partial charge in [-0.3, -0.25) is 9.59 Å². The van der Waals surface area contributed by atoms with Gasteiger partial charge < -0.3 is 30.3 Å². The molecule has 0 aliphatic rings. The lowest BCUT2D eigenvalue weighted by atomic mass is 10.1. The quantitative estimate of drug-likeness (QED) is 0.357. The number of carbonyl (C=O) groups excluding carboxylic acids is 2. The fourth-order valence-electron chi connectivity index (χ4n) is 2.84. The number of carbonyl (C=O) groups is 4. The summed E-state index contributed by atoms with van der Waals surface area (Å²) in [6, 6.07) is 18.5. The highest BCUT2D eigenvalue weighted by Crippen LogP contribution is 2.20. The van der Waals surface area contributed by atoms with Crippen molar-refractivity contribution in [2.45, 2.75) is 0 Å². The Labute approximate surface area is 193 Å². The van der Waals surface area contributed by atoms with E-state index in [2.05, 4.69) is 10.6 Å². The Kier molecular flexibility index (Phi) is 7.79. The number of hydrogen-bond acceptors (Lipinski definition) is 6. The zero-order valence-corrected chi connectivity index (χ0v) is 17.7. The Morgan fingerprint density at radius 1 is 0.588 bits per heavy atom. The third-order valence-electron chi connectivity index (χ3n) is 4.37. The molecule has 2 amide bonds. The monoisotopic (exact) mass is 464 g/mol. The van der Waals surface area contributed by atoms with Crippen molar-refractivity contribution >= 4 is 35.1 Å². The molecule has 4 N–H and O–H groups in total. The van der Waals surface area contributed by atoms with Gasteiger partial charge in [-0.05, 0) is 60.7 Å². The largest absolute Gasteiger partial charge is 0.482 e. The molecule has 0 saturated heterocycles. The van der Waals surface area contributed by atoms with Crippen LogP contribution in [0, 0.1) is 0 Å². The Balaban J connectivity index is 1.66. The summed E-state index contributed by atoms with van der Waals surface area (Å²) < 4.78 is 10.1. The molecule has 0 aromatic heterocycles. The summed E-state index contributed by atoms with van der Waals surface area (Å²) >= 11 is 0. The van der Waals surface area contributed by atoms with E-state index in [0.29, 0.717) is 22.9 Å². The van der Waals surface area contributed by atoms with Gasteiger partial charge in [0.25, 0.3) is 11.8 Å². The predicted molar refractivity (Wildman–Crippen MR) is 121 cm³/mol. The second-order valence-corrected chi connectivity index (χ2v) is 6.87. The van der Waals surface area contributed by atoms with Gasteiger partial charge in [0.05, 0.1) is 11.1 Å². The van der Waals surface area contributed by atoms with Crippen molar-refractivity contribution in [2.75, 3.05) is 23.8 Å². The molecule has 10 nitrogen and oxygen atoms in total. The molecular weight excluding hydrogens is 444 g/mol. The Bertz CT molecular complexity index is 1100. The van der Waals surface area contributed by atoms with E-state index in [9.17, 15) is 19.2 Å². The maximum atomic E-state index is 12.8. The molecule has 174 valence electrons. The topological polar surface area (TPSA) is 151 Å². The minimum absolute atomic E-state index is 0.146. The highest BCUT2D eigenvalue weighted by atomic mass is 16.5. The molecule has 0 aliphatic carbocycles. The van der Waals surface area contributed by atoms with Gasteiger partial charge in [0.2, 0.25) is 0 Å². The van der Waals surface area contributed by atoms with Gasteiger partial charge >= 0.3 is 11.9 Å². The predicted octanol–water partition coefficient (Wildman–Crippen LogP) is 3.12. The van der Waals surface area contributed by atoms with E-state index < -0.39 is 37.0 Å². The van der Waals surface area contributed by atoms with Gasteiger partial charge in [-0.25, -0.2) is 9.59 Å². The molecule has 0 bridgehead atoms. The van der Waals surface area contributed by atoms with E-state index in [0.717, 1.165) is 0 Å². The van der Waals surface area contributed by atoms with Crippen molar-refractivity contribution in [3.63, 3.8) is 0 Å². The van der Waals surface area contributed by atoms with Crippen LogP contribution in [0.25, 0.3) is 0 Å². The molecular formula is C24H20N2O8. The number of rotatable bonds is 10. The van der Waals surface area contributed by atoms with Crippen molar-refractivity contribution in [1.29, 1.82) is 0 Å². The maximum absolute atomic E-state index is 12.8. The Morgan fingerprint density at radius 3 is 1.26 bits per heavy atom. The second-order valence-electron chi connectivity index (χ2n) is 6.87. The zero-order chi connectivity index (χ0) is 24.5. The van der Waals surface area contributed by atoms with E-state index in [4.69, 9.17) is 19.7 Å². The van der Waals surface area contributed by atoms with Crippen LogP contribution >= 0.6 is 0 Å². The van der Waals surface area contributed by atoms with Crippen molar-refractivity contribution in [2.24, 2.45) is 0 Å². The third-order valence-corrected chi connectivity index (χ3v) is 4.37. The molecule has 0 aliphatic heterocycles. The lowest BCUT2D eigenvalue weighted by Crippen LogP contribution is -2.20. The second kappa shape index (κ2) is 11.1. The van der Waals surface area contributed by atoms with Gasteiger partial charge in [0, 0.05) is 11.4 Å². The molecule has 34 heavy (non-hydrogen) atoms. The van der Waals surface area contributed by atoms with Crippen LogP contribution in [0.4, 0.5) is 11.4 Å². The van der Waals surface area contributed by atoms with Crippen LogP contribution in [0.3, 0.4) is 0 Å². The van der Waals surface area contributed by atoms with Crippen LogP contribution in [-0.4, -0.2) is 47.2 Å². The summed E-state index contributed by atoms with van der Waals surface area (Å²) in [6.45, 7) is -0.960. The Hall–Kier alpha value is -4.86. The van der Waals surface area contributed by atoms with Crippen LogP contribution in [0.1, 0.15) is 20.7 Å². The molecule has 0 heterocycles. The molecule has 3 aromatic rings. The summed E-state index contributed by atoms with van der Waals surface area (Å²) in [4.78, 5) is 46.7. The van der Waals surface area contributed by atoms with Crippen molar-refractivity contribution in [3.05, 3.63) is 83.9 Å². The summed E-state index contributed by atoms with van der Waals surface area (Å²) in [5, 5.41) is 22.7. The molecule has 3 aromatic carbocycles. The van der Waals surface area contributed by atoms with E-state index in [1.165, 1.54) is 36.4 Å². The summed E-state index contributed by atoms with van der Waals surface area (Å²) in [5.74, 6) is -2.56. The number of carboxylic acid groups (broad SMARTS) is 2. The molecule has 0 atom stereocenters. The highest BCUT2D eigenvalue weighted by Gasteiger charge is 2.17. The first-order chi connectivity index (χ1) is 16.3. The van der Waals surface area contributed by atoms with Crippen molar-refractivity contribution in [3.8, 4) is 11.5 Å². The number of nitrogens with one attached hydrogen (secondary N) is 2. The van der Waals surface area contributed by atoms with E-state index in [1.807, 2.05) is 0 Å². The molecule has 0 spiro atoms. The van der Waals surface area contributed by atoms with Gasteiger partial charge in [-0.2, -0.15) is 0 Å². The number of anilines is 2. The fraction of sp³-hybridized carbons (Fsp3) is 0.0833. The number of amides is 2. The van der Waals surface area contributed by atoms with Crippen LogP contribution in [0.5, 0.6) is 11.5 Å². The first kappa shape index (κ1) is 23.8. The first-order valence-corrected chi connectivity index (χ1v) is 9.93. The lowest BCUT2D eigenvalue weighted by molar-refractivity contribution is -0.140. The van der Waals surface area contributed by atoms with Crippen molar-refractivity contribution < 1.29 is 38.9 Å². The molecule has 0 fully saturated rings. The number of benzene rings is 3. The van der Waals surface area contributed by atoms with Crippen LogP contribution in [-0.2, 0) is 9.59 Å². The SMILES string of the molecule is O=C(O)COc1ccc(NC(=O)c2ccccc2C(=O)Nc2ccc(OCC(=O)O)cc2)cc1. The maximum Gasteiger partial charge on any atom is 0.341 e. The Morgan fingerprint density at radius 2 is 0.941 bits per heavy atom. The van der Waals surface area contributed by atoms with Crippen LogP contribution < -0.4 is 20.1 Å². The normalized spacial score (nSPS) is 10.1. The molecule has 10 heteroatoms. The number of carboxylic acids is 2. The summed E-state index contributed by atoms with van der Waals surface area (Å²) in [5.41, 5.74) is 1.15.